The number of amides is 4. The van der Waals surface area contributed by atoms with Crippen LogP contribution in [0.1, 0.15) is 44.1 Å². The Kier molecular flexibility index (Phi) is 5.28. The van der Waals surface area contributed by atoms with E-state index in [1.807, 2.05) is 30.3 Å². The maximum Gasteiger partial charge on any atom is 0.325 e. The fourth-order valence-corrected chi connectivity index (χ4v) is 3.97. The summed E-state index contributed by atoms with van der Waals surface area (Å²) in [6.45, 7) is 0.594. The average molecular weight is 396 g/mol. The molecule has 1 saturated heterocycles. The van der Waals surface area contributed by atoms with E-state index in [0.717, 1.165) is 29.7 Å². The fraction of sp³-hybridized carbons (Fsp3) is 0.450. The fourth-order valence-electron chi connectivity index (χ4n) is 3.97. The topological polar surface area (TPSA) is 109 Å². The van der Waals surface area contributed by atoms with Crippen LogP contribution in [0.25, 0.3) is 0 Å². The van der Waals surface area contributed by atoms with Crippen LogP contribution in [0, 0.1) is 0 Å². The van der Waals surface area contributed by atoms with Gasteiger partial charge in [0.2, 0.25) is 11.9 Å². The zero-order valence-corrected chi connectivity index (χ0v) is 16.1. The minimum absolute atomic E-state index is 0.00245. The van der Waals surface area contributed by atoms with Gasteiger partial charge in [0.15, 0.2) is 0 Å². The number of anilines is 1. The maximum absolute atomic E-state index is 12.7. The Morgan fingerprint density at radius 2 is 1.90 bits per heavy atom. The molecule has 0 radical (unpaired) electrons. The third-order valence-corrected chi connectivity index (χ3v) is 5.49. The molecule has 29 heavy (non-hydrogen) atoms. The first kappa shape index (κ1) is 19.1. The molecular weight excluding hydrogens is 372 g/mol. The van der Waals surface area contributed by atoms with Crippen molar-refractivity contribution < 1.29 is 14.4 Å². The Bertz CT molecular complexity index is 904. The van der Waals surface area contributed by atoms with Crippen molar-refractivity contribution in [1.29, 1.82) is 0 Å². The monoisotopic (exact) mass is 396 g/mol. The molecular formula is C20H24N6O3. The molecule has 2 aliphatic rings. The smallest absolute Gasteiger partial charge is 0.323 e. The molecule has 2 N–H and O–H groups in total. The first-order valence-electron chi connectivity index (χ1n) is 9.93. The van der Waals surface area contributed by atoms with Crippen LogP contribution in [0.5, 0.6) is 0 Å². The number of benzene rings is 1. The van der Waals surface area contributed by atoms with E-state index in [1.54, 1.807) is 11.0 Å². The second-order valence-electron chi connectivity index (χ2n) is 7.58. The van der Waals surface area contributed by atoms with Gasteiger partial charge in [-0.05, 0) is 18.4 Å². The van der Waals surface area contributed by atoms with Crippen LogP contribution in [0.15, 0.2) is 36.7 Å². The Labute approximate surface area is 168 Å². The second kappa shape index (κ2) is 8.02. The third kappa shape index (κ3) is 4.13. The van der Waals surface area contributed by atoms with Gasteiger partial charge in [-0.25, -0.2) is 14.5 Å². The van der Waals surface area contributed by atoms with Crippen LogP contribution in [0.2, 0.25) is 0 Å². The molecule has 1 aromatic carbocycles. The molecule has 1 spiro atoms. The molecule has 1 aliphatic carbocycles. The molecule has 0 bridgehead atoms. The molecule has 2 heterocycles. The van der Waals surface area contributed by atoms with Crippen molar-refractivity contribution in [2.24, 2.45) is 0 Å². The highest BCUT2D eigenvalue weighted by Crippen LogP contribution is 2.33. The van der Waals surface area contributed by atoms with Crippen LogP contribution in [-0.2, 0) is 16.1 Å². The first-order chi connectivity index (χ1) is 14.1. The van der Waals surface area contributed by atoms with Gasteiger partial charge < -0.3 is 5.32 Å². The Hall–Kier alpha value is -3.23. The van der Waals surface area contributed by atoms with Gasteiger partial charge in [0, 0.05) is 13.0 Å². The normalized spacial score (nSPS) is 18.1. The molecule has 1 aromatic heterocycles. The van der Waals surface area contributed by atoms with E-state index in [0.29, 0.717) is 19.4 Å². The summed E-state index contributed by atoms with van der Waals surface area (Å²) in [4.78, 5) is 42.5. The second-order valence-corrected chi connectivity index (χ2v) is 7.58. The zero-order valence-electron chi connectivity index (χ0n) is 16.1. The quantitative estimate of drug-likeness (QED) is 0.725. The van der Waals surface area contributed by atoms with Gasteiger partial charge in [-0.3, -0.25) is 19.8 Å². The van der Waals surface area contributed by atoms with E-state index < -0.39 is 11.6 Å². The number of nitrogens with zero attached hydrogens (tertiary/aromatic N) is 4. The van der Waals surface area contributed by atoms with Crippen molar-refractivity contribution in [1.82, 2.24) is 25.0 Å². The first-order valence-corrected chi connectivity index (χ1v) is 9.93. The SMILES string of the molecule is O=C(CCN1C(=O)NC2(CCCCC2)C1=O)Nc1ncn(Cc2ccccc2)n1. The van der Waals surface area contributed by atoms with Crippen LogP contribution < -0.4 is 10.6 Å². The van der Waals surface area contributed by atoms with E-state index in [-0.39, 0.29) is 30.7 Å². The molecule has 9 nitrogen and oxygen atoms in total. The van der Waals surface area contributed by atoms with Gasteiger partial charge in [0.1, 0.15) is 11.9 Å². The van der Waals surface area contributed by atoms with E-state index in [1.165, 1.54) is 0 Å². The lowest BCUT2D eigenvalue weighted by Gasteiger charge is -2.30. The molecule has 4 rings (SSSR count). The third-order valence-electron chi connectivity index (χ3n) is 5.49. The molecule has 1 aliphatic heterocycles. The van der Waals surface area contributed by atoms with Gasteiger partial charge in [0.05, 0.1) is 6.54 Å². The number of carbonyl (C=O) groups is 3. The largest absolute Gasteiger partial charge is 0.325 e. The summed E-state index contributed by atoms with van der Waals surface area (Å²) < 4.78 is 1.63. The van der Waals surface area contributed by atoms with Gasteiger partial charge in [-0.2, -0.15) is 0 Å². The van der Waals surface area contributed by atoms with Crippen LogP contribution in [0.4, 0.5) is 10.7 Å². The van der Waals surface area contributed by atoms with E-state index in [9.17, 15) is 14.4 Å². The van der Waals surface area contributed by atoms with Crippen molar-refractivity contribution in [2.45, 2.75) is 50.6 Å². The van der Waals surface area contributed by atoms with E-state index in [2.05, 4.69) is 20.7 Å². The van der Waals surface area contributed by atoms with Crippen LogP contribution in [0.3, 0.4) is 0 Å². The van der Waals surface area contributed by atoms with Gasteiger partial charge in [0.25, 0.3) is 5.91 Å². The van der Waals surface area contributed by atoms with Crippen molar-refractivity contribution in [3.8, 4) is 0 Å². The summed E-state index contributed by atoms with van der Waals surface area (Å²) in [6, 6.07) is 9.39. The summed E-state index contributed by atoms with van der Waals surface area (Å²) in [7, 11) is 0. The number of carbonyl (C=O) groups excluding carboxylic acids is 3. The zero-order chi connectivity index (χ0) is 20.3. The summed E-state index contributed by atoms with van der Waals surface area (Å²) >= 11 is 0. The number of hydrogen-bond donors (Lipinski definition) is 2. The van der Waals surface area contributed by atoms with Crippen molar-refractivity contribution in [3.63, 3.8) is 0 Å². The van der Waals surface area contributed by atoms with Crippen molar-refractivity contribution >= 4 is 23.8 Å². The molecule has 9 heteroatoms. The lowest BCUT2D eigenvalue weighted by Crippen LogP contribution is -2.48. The Morgan fingerprint density at radius 3 is 2.66 bits per heavy atom. The van der Waals surface area contributed by atoms with Crippen LogP contribution in [-0.4, -0.2) is 49.6 Å². The number of rotatable bonds is 6. The lowest BCUT2D eigenvalue weighted by atomic mass is 9.82. The highest BCUT2D eigenvalue weighted by atomic mass is 16.2. The summed E-state index contributed by atoms with van der Waals surface area (Å²) in [5.41, 5.74) is 0.314. The summed E-state index contributed by atoms with van der Waals surface area (Å²) in [6.07, 6.45) is 5.83. The Balaban J connectivity index is 1.29. The minimum Gasteiger partial charge on any atom is -0.323 e. The number of aromatic nitrogens is 3. The molecule has 1 saturated carbocycles. The van der Waals surface area contributed by atoms with Crippen molar-refractivity contribution in [2.75, 3.05) is 11.9 Å². The number of hydrogen-bond acceptors (Lipinski definition) is 5. The maximum atomic E-state index is 12.7. The predicted molar refractivity (Wildman–Crippen MR) is 105 cm³/mol. The van der Waals surface area contributed by atoms with Gasteiger partial charge in [-0.1, -0.05) is 49.6 Å². The molecule has 2 aromatic rings. The standard InChI is InChI=1S/C20H24N6O3/c27-16(22-18-21-14-25(24-18)13-15-7-3-1-4-8-15)9-12-26-17(28)20(23-19(26)29)10-5-2-6-11-20/h1,3-4,7-8,14H,2,5-6,9-13H2,(H,23,29)(H,22,24,27). The van der Waals surface area contributed by atoms with E-state index in [4.69, 9.17) is 0 Å². The molecule has 0 unspecified atom stereocenters. The average Bonchev–Trinajstić information content (AvgIpc) is 3.24. The van der Waals surface area contributed by atoms with Crippen molar-refractivity contribution in [3.05, 3.63) is 42.2 Å². The van der Waals surface area contributed by atoms with Gasteiger partial charge >= 0.3 is 6.03 Å². The predicted octanol–water partition coefficient (Wildman–Crippen LogP) is 1.91. The van der Waals surface area contributed by atoms with Gasteiger partial charge in [-0.15, -0.1) is 5.10 Å². The number of urea groups is 1. The number of nitrogens with one attached hydrogen (secondary N) is 2. The Morgan fingerprint density at radius 1 is 1.14 bits per heavy atom. The molecule has 4 amide bonds. The summed E-state index contributed by atoms with van der Waals surface area (Å²) in [5.74, 6) is -0.347. The van der Waals surface area contributed by atoms with Crippen LogP contribution >= 0.6 is 0 Å². The van der Waals surface area contributed by atoms with E-state index >= 15 is 0 Å². The molecule has 2 fully saturated rings. The highest BCUT2D eigenvalue weighted by Gasteiger charge is 2.51. The number of imide groups is 1. The summed E-state index contributed by atoms with van der Waals surface area (Å²) in [5, 5.41) is 9.71. The molecule has 0 atom stereocenters. The lowest BCUT2D eigenvalue weighted by molar-refractivity contribution is -0.132. The molecule has 152 valence electrons. The minimum atomic E-state index is -0.760. The highest BCUT2D eigenvalue weighted by molar-refractivity contribution is 6.07.